The maximum atomic E-state index is 12.6. The first-order chi connectivity index (χ1) is 20.3. The van der Waals surface area contributed by atoms with Crippen molar-refractivity contribution in [2.24, 2.45) is 5.92 Å². The number of carbonyl (C=O) groups is 1. The number of amides is 1. The minimum absolute atomic E-state index is 0.0523. The molecule has 14 heteroatoms. The first-order valence-corrected chi connectivity index (χ1v) is 14.9. The molecule has 42 heavy (non-hydrogen) atoms. The van der Waals surface area contributed by atoms with Gasteiger partial charge in [-0.3, -0.25) is 4.79 Å². The third-order valence-corrected chi connectivity index (χ3v) is 9.40. The molecule has 1 fully saturated rings. The van der Waals surface area contributed by atoms with E-state index in [1.165, 1.54) is 27.6 Å². The van der Waals surface area contributed by atoms with Gasteiger partial charge in [-0.1, -0.05) is 0 Å². The van der Waals surface area contributed by atoms with Crippen LogP contribution in [0.1, 0.15) is 36.4 Å². The summed E-state index contributed by atoms with van der Waals surface area (Å²) < 4.78 is 24.6. The molecule has 0 unspecified atom stereocenters. The molecule has 1 saturated carbocycles. The number of rotatable bonds is 9. The monoisotopic (exact) mass is 608 g/mol. The van der Waals surface area contributed by atoms with Crippen LogP contribution in [0.15, 0.2) is 34.2 Å². The van der Waals surface area contributed by atoms with Crippen LogP contribution in [-0.2, 0) is 17.0 Å². The number of imidazole rings is 1. The van der Waals surface area contributed by atoms with Crippen molar-refractivity contribution in [3.63, 3.8) is 0 Å². The first-order valence-electron chi connectivity index (χ1n) is 13.2. The SMILES string of the molecule is COc1cc(OCc2csc(C3(O)CCC(C(=O)N(C)CC#N)CC3)n2)c2cc(-c3cn4nc(OC)sc4n3)oc2c1. The lowest BCUT2D eigenvalue weighted by Crippen LogP contribution is -2.39. The Labute approximate surface area is 248 Å². The van der Waals surface area contributed by atoms with Gasteiger partial charge in [0.05, 0.1) is 37.6 Å². The molecule has 0 aliphatic heterocycles. The molecule has 12 nitrogen and oxygen atoms in total. The fourth-order valence-corrected chi connectivity index (χ4v) is 6.78. The number of aromatic nitrogens is 4. The highest BCUT2D eigenvalue weighted by atomic mass is 32.1. The summed E-state index contributed by atoms with van der Waals surface area (Å²) in [5.41, 5.74) is 0.807. The van der Waals surface area contributed by atoms with Gasteiger partial charge in [-0.25, -0.2) is 14.5 Å². The number of methoxy groups -OCH3 is 2. The first kappa shape index (κ1) is 28.0. The van der Waals surface area contributed by atoms with E-state index < -0.39 is 5.60 Å². The number of benzene rings is 1. The normalized spacial score (nSPS) is 18.7. The number of furan rings is 1. The lowest BCUT2D eigenvalue weighted by molar-refractivity contribution is -0.136. The van der Waals surface area contributed by atoms with Gasteiger partial charge < -0.3 is 28.6 Å². The topological polar surface area (TPSA) is 148 Å². The Kier molecular flexibility index (Phi) is 7.48. The van der Waals surface area contributed by atoms with E-state index in [4.69, 9.17) is 23.9 Å². The summed E-state index contributed by atoms with van der Waals surface area (Å²) in [6.07, 6.45) is 3.72. The van der Waals surface area contributed by atoms with Crippen LogP contribution >= 0.6 is 22.7 Å². The molecule has 6 rings (SSSR count). The quantitative estimate of drug-likeness (QED) is 0.235. The second kappa shape index (κ2) is 11.2. The highest BCUT2D eigenvalue weighted by Crippen LogP contribution is 2.42. The zero-order valence-electron chi connectivity index (χ0n) is 23.2. The van der Waals surface area contributed by atoms with Crippen molar-refractivity contribution in [2.75, 3.05) is 27.8 Å². The minimum atomic E-state index is -1.09. The Morgan fingerprint density at radius 2 is 2.07 bits per heavy atom. The number of hydrogen-bond donors (Lipinski definition) is 1. The molecule has 4 heterocycles. The number of hydrogen-bond acceptors (Lipinski definition) is 12. The van der Waals surface area contributed by atoms with Crippen LogP contribution in [0, 0.1) is 17.2 Å². The predicted molar refractivity (Wildman–Crippen MR) is 155 cm³/mol. The van der Waals surface area contributed by atoms with Crippen LogP contribution in [0.2, 0.25) is 0 Å². The Morgan fingerprint density at radius 1 is 1.26 bits per heavy atom. The molecule has 1 amide bonds. The Bertz CT molecular complexity index is 1760. The van der Waals surface area contributed by atoms with Crippen molar-refractivity contribution < 1.29 is 28.5 Å². The molecule has 0 atom stereocenters. The lowest BCUT2D eigenvalue weighted by Gasteiger charge is -2.35. The van der Waals surface area contributed by atoms with E-state index >= 15 is 0 Å². The molecule has 0 spiro atoms. The van der Waals surface area contributed by atoms with Crippen LogP contribution in [0.3, 0.4) is 0 Å². The molecule has 1 N–H and O–H groups in total. The van der Waals surface area contributed by atoms with Crippen molar-refractivity contribution in [2.45, 2.75) is 37.9 Å². The van der Waals surface area contributed by atoms with E-state index in [-0.39, 0.29) is 25.0 Å². The number of nitriles is 1. The Morgan fingerprint density at radius 3 is 2.79 bits per heavy atom. The van der Waals surface area contributed by atoms with E-state index in [0.717, 1.165) is 5.39 Å². The molecule has 0 bridgehead atoms. The van der Waals surface area contributed by atoms with E-state index in [1.807, 2.05) is 17.5 Å². The highest BCUT2D eigenvalue weighted by Gasteiger charge is 2.40. The Balaban J connectivity index is 1.17. The number of nitrogens with zero attached hydrogens (tertiary/aromatic N) is 6. The van der Waals surface area contributed by atoms with Crippen molar-refractivity contribution in [3.05, 3.63) is 40.5 Å². The van der Waals surface area contributed by atoms with Crippen molar-refractivity contribution in [1.29, 1.82) is 5.26 Å². The molecular weight excluding hydrogens is 580 g/mol. The van der Waals surface area contributed by atoms with Gasteiger partial charge in [-0.05, 0) is 43.1 Å². The van der Waals surface area contributed by atoms with Crippen LogP contribution in [-0.4, -0.2) is 63.3 Å². The number of thiazole rings is 1. The lowest BCUT2D eigenvalue weighted by atomic mass is 9.78. The molecule has 218 valence electrons. The number of ether oxygens (including phenoxy) is 3. The number of aliphatic hydroxyl groups is 1. The van der Waals surface area contributed by atoms with Gasteiger partial charge in [-0.2, -0.15) is 5.26 Å². The average molecular weight is 609 g/mol. The molecule has 1 aromatic carbocycles. The summed E-state index contributed by atoms with van der Waals surface area (Å²) in [6, 6.07) is 7.46. The summed E-state index contributed by atoms with van der Waals surface area (Å²) in [5, 5.41) is 28.3. The highest BCUT2D eigenvalue weighted by molar-refractivity contribution is 7.18. The third-order valence-electron chi connectivity index (χ3n) is 7.43. The van der Waals surface area contributed by atoms with E-state index in [1.54, 1.807) is 44.1 Å². The van der Waals surface area contributed by atoms with Crippen molar-refractivity contribution in [3.8, 4) is 34.2 Å². The molecule has 1 aliphatic rings. The average Bonchev–Trinajstić information content (AvgIpc) is 3.78. The van der Waals surface area contributed by atoms with Gasteiger partial charge in [0.25, 0.3) is 5.19 Å². The van der Waals surface area contributed by atoms with Crippen molar-refractivity contribution in [1.82, 2.24) is 24.5 Å². The van der Waals surface area contributed by atoms with Gasteiger partial charge in [-0.15, -0.1) is 16.4 Å². The van der Waals surface area contributed by atoms with Gasteiger partial charge in [0.15, 0.2) is 5.76 Å². The van der Waals surface area contributed by atoms with E-state index in [0.29, 0.717) is 75.1 Å². The zero-order valence-corrected chi connectivity index (χ0v) is 24.8. The van der Waals surface area contributed by atoms with Gasteiger partial charge in [0.1, 0.15) is 46.5 Å². The molecule has 0 radical (unpaired) electrons. The van der Waals surface area contributed by atoms with Gasteiger partial charge >= 0.3 is 0 Å². The van der Waals surface area contributed by atoms with Crippen LogP contribution in [0.5, 0.6) is 16.7 Å². The number of carbonyl (C=O) groups excluding carboxylic acids is 1. The van der Waals surface area contributed by atoms with Crippen LogP contribution in [0.4, 0.5) is 0 Å². The fraction of sp³-hybridized carbons (Fsp3) is 0.393. The molecular formula is C28H28N6O6S2. The van der Waals surface area contributed by atoms with Crippen LogP contribution < -0.4 is 14.2 Å². The van der Waals surface area contributed by atoms with E-state index in [9.17, 15) is 9.90 Å². The molecule has 4 aromatic heterocycles. The predicted octanol–water partition coefficient (Wildman–Crippen LogP) is 4.62. The maximum absolute atomic E-state index is 12.6. The zero-order chi connectivity index (χ0) is 29.4. The van der Waals surface area contributed by atoms with E-state index in [2.05, 4.69) is 15.1 Å². The number of fused-ring (bicyclic) bond motifs is 2. The Hall–Kier alpha value is -4.19. The second-order valence-electron chi connectivity index (χ2n) is 10.2. The van der Waals surface area contributed by atoms with Crippen molar-refractivity contribution >= 4 is 44.5 Å². The molecule has 5 aromatic rings. The second-order valence-corrected chi connectivity index (χ2v) is 11.9. The summed E-state index contributed by atoms with van der Waals surface area (Å²) in [6.45, 7) is 0.240. The van der Waals surface area contributed by atoms with Gasteiger partial charge in [0.2, 0.25) is 10.9 Å². The smallest absolute Gasteiger partial charge is 0.294 e. The summed E-state index contributed by atoms with van der Waals surface area (Å²) >= 11 is 2.72. The molecule has 0 saturated heterocycles. The standard InChI is InChI=1S/C28H28N6O6S2/c1-33(9-8-29)24(35)16-4-6-28(36,7-5-16)25-30-17(15-41-25)14-39-21-10-18(37-2)11-22-19(21)12-23(40-22)20-13-34-26(31-20)42-27(32-34)38-3/h10-13,15-16,36H,4-7,9,14H2,1-3H3. The summed E-state index contributed by atoms with van der Waals surface area (Å²) in [5.74, 6) is 1.46. The minimum Gasteiger partial charge on any atom is -0.496 e. The van der Waals surface area contributed by atoms with Crippen LogP contribution in [0.25, 0.3) is 27.4 Å². The largest absolute Gasteiger partial charge is 0.496 e. The summed E-state index contributed by atoms with van der Waals surface area (Å²) in [7, 11) is 4.78. The maximum Gasteiger partial charge on any atom is 0.294 e. The summed E-state index contributed by atoms with van der Waals surface area (Å²) in [4.78, 5) is 24.0. The van der Waals surface area contributed by atoms with Gasteiger partial charge in [0, 0.05) is 30.5 Å². The molecule has 1 aliphatic carbocycles. The third kappa shape index (κ3) is 5.26. The fourth-order valence-electron chi connectivity index (χ4n) is 5.12.